The van der Waals surface area contributed by atoms with E-state index in [4.69, 9.17) is 0 Å². The normalized spacial score (nSPS) is 19.7. The van der Waals surface area contributed by atoms with E-state index in [1.807, 2.05) is 6.08 Å². The largest absolute Gasteiger partial charge is 0.486 e. The van der Waals surface area contributed by atoms with Gasteiger partial charge in [-0.2, -0.15) is 0 Å². The van der Waals surface area contributed by atoms with Gasteiger partial charge in [0.15, 0.2) is 5.82 Å². The summed E-state index contributed by atoms with van der Waals surface area (Å²) < 4.78 is 34.6. The molecule has 0 saturated carbocycles. The maximum absolute atomic E-state index is 12.9. The molecule has 0 N–H and O–H groups in total. The van der Waals surface area contributed by atoms with E-state index in [1.165, 1.54) is 0 Å². The van der Waals surface area contributed by atoms with Crippen molar-refractivity contribution < 1.29 is 18.3 Å². The number of aryl methyl sites for hydroxylation is 1. The summed E-state index contributed by atoms with van der Waals surface area (Å²) in [6, 6.07) is 7.02. The lowest BCUT2D eigenvalue weighted by atomic mass is 10.1. The third-order valence-electron chi connectivity index (χ3n) is 3.57. The maximum atomic E-state index is 12.9. The fraction of sp³-hybridized carbons (Fsp3) is 0.294. The monoisotopic (exact) mass is 318 g/mol. The molecule has 3 rings (SSSR count). The summed E-state index contributed by atoms with van der Waals surface area (Å²) in [7, 11) is 0. The first-order valence-corrected chi connectivity index (χ1v) is 7.29. The van der Waals surface area contributed by atoms with E-state index in [9.17, 15) is 8.78 Å². The molecule has 23 heavy (non-hydrogen) atoms. The van der Waals surface area contributed by atoms with Gasteiger partial charge in [0.2, 0.25) is 0 Å². The van der Waals surface area contributed by atoms with E-state index in [0.717, 1.165) is 24.0 Å². The summed E-state index contributed by atoms with van der Waals surface area (Å²) in [5.74, 6) is 0.591. The van der Waals surface area contributed by atoms with E-state index in [-0.39, 0.29) is 6.61 Å². The molecule has 1 saturated heterocycles. The maximum Gasteiger partial charge on any atom is 0.486 e. The molecule has 0 amide bonds. The van der Waals surface area contributed by atoms with Gasteiger partial charge in [-0.25, -0.2) is 9.97 Å². The van der Waals surface area contributed by atoms with Crippen molar-refractivity contribution >= 4 is 0 Å². The van der Waals surface area contributed by atoms with Crippen LogP contribution >= 0.6 is 0 Å². The number of halogens is 2. The number of aromatic nitrogens is 2. The molecule has 2 aromatic rings. The number of alkyl halides is 2. The van der Waals surface area contributed by atoms with Crippen LogP contribution in [0, 0.1) is 0 Å². The molecule has 0 spiro atoms. The third-order valence-corrected chi connectivity index (χ3v) is 3.57. The molecule has 1 aromatic carbocycles. The average molecular weight is 318 g/mol. The van der Waals surface area contributed by atoms with Crippen molar-refractivity contribution in [2.45, 2.75) is 25.2 Å². The molecule has 1 aromatic heterocycles. The van der Waals surface area contributed by atoms with Gasteiger partial charge < -0.3 is 0 Å². The van der Waals surface area contributed by atoms with Crippen LogP contribution in [0.1, 0.15) is 23.7 Å². The highest BCUT2D eigenvalue weighted by Gasteiger charge is 2.43. The Labute approximate surface area is 132 Å². The van der Waals surface area contributed by atoms with Gasteiger partial charge in [-0.05, 0) is 24.0 Å². The molecule has 1 aliphatic heterocycles. The van der Waals surface area contributed by atoms with Crippen molar-refractivity contribution in [2.75, 3.05) is 6.61 Å². The van der Waals surface area contributed by atoms with E-state index in [0.29, 0.717) is 11.4 Å². The van der Waals surface area contributed by atoms with Crippen LogP contribution < -0.4 is 0 Å². The lowest BCUT2D eigenvalue weighted by Gasteiger charge is -2.10. The van der Waals surface area contributed by atoms with Crippen molar-refractivity contribution in [3.8, 4) is 11.4 Å². The number of allylic oxidation sites excluding steroid dienone is 1. The van der Waals surface area contributed by atoms with E-state index in [2.05, 4.69) is 26.0 Å². The van der Waals surface area contributed by atoms with Crippen molar-refractivity contribution in [3.63, 3.8) is 0 Å². The highest BCUT2D eigenvalue weighted by Crippen LogP contribution is 2.35. The molecular weight excluding hydrogens is 302 g/mol. The fourth-order valence-corrected chi connectivity index (χ4v) is 2.32. The highest BCUT2D eigenvalue weighted by atomic mass is 19.3. The van der Waals surface area contributed by atoms with Crippen LogP contribution in [0.4, 0.5) is 8.78 Å². The van der Waals surface area contributed by atoms with Crippen LogP contribution in [0.5, 0.6) is 0 Å². The number of nitrogens with zero attached hydrogens (tertiary/aromatic N) is 2. The van der Waals surface area contributed by atoms with E-state index >= 15 is 0 Å². The zero-order chi connectivity index (χ0) is 16.3. The molecule has 1 fully saturated rings. The molecular formula is C17H16F2N2O2. The predicted molar refractivity (Wildman–Crippen MR) is 80.7 cm³/mol. The van der Waals surface area contributed by atoms with Crippen LogP contribution in [0.15, 0.2) is 49.3 Å². The second-order valence-corrected chi connectivity index (χ2v) is 5.25. The van der Waals surface area contributed by atoms with Crippen molar-refractivity contribution in [3.05, 3.63) is 60.4 Å². The lowest BCUT2D eigenvalue weighted by molar-refractivity contribution is -0.347. The Hall–Kier alpha value is -2.18. The first kappa shape index (κ1) is 15.7. The molecule has 6 heteroatoms. The van der Waals surface area contributed by atoms with Gasteiger partial charge in [-0.3, -0.25) is 9.47 Å². The van der Waals surface area contributed by atoms with Gasteiger partial charge in [-0.15, -0.1) is 15.4 Å². The van der Waals surface area contributed by atoms with Gasteiger partial charge >= 0.3 is 6.29 Å². The summed E-state index contributed by atoms with van der Waals surface area (Å²) >= 11 is 0. The zero-order valence-electron chi connectivity index (χ0n) is 12.4. The minimum absolute atomic E-state index is 0.166. The van der Waals surface area contributed by atoms with Gasteiger partial charge in [0.1, 0.15) is 6.10 Å². The second-order valence-electron chi connectivity index (χ2n) is 5.25. The molecule has 1 atom stereocenters. The van der Waals surface area contributed by atoms with Crippen LogP contribution in [-0.4, -0.2) is 22.9 Å². The Morgan fingerprint density at radius 1 is 1.22 bits per heavy atom. The molecule has 120 valence electrons. The van der Waals surface area contributed by atoms with E-state index in [1.54, 1.807) is 36.7 Å². The Bertz CT molecular complexity index is 672. The smallest absolute Gasteiger partial charge is 0.293 e. The molecule has 0 radical (unpaired) electrons. The molecule has 4 nitrogen and oxygen atoms in total. The van der Waals surface area contributed by atoms with Gasteiger partial charge in [0.05, 0.1) is 6.61 Å². The van der Waals surface area contributed by atoms with Crippen molar-refractivity contribution in [2.24, 2.45) is 0 Å². The molecule has 1 aliphatic rings. The van der Waals surface area contributed by atoms with Crippen LogP contribution in [0.25, 0.3) is 11.4 Å². The van der Waals surface area contributed by atoms with Crippen molar-refractivity contribution in [1.82, 2.24) is 9.97 Å². The molecule has 1 unspecified atom stereocenters. The Morgan fingerprint density at radius 3 is 2.48 bits per heavy atom. The fourth-order valence-electron chi connectivity index (χ4n) is 2.32. The third kappa shape index (κ3) is 3.78. The summed E-state index contributed by atoms with van der Waals surface area (Å²) in [5.41, 5.74) is 2.49. The minimum Gasteiger partial charge on any atom is -0.293 e. The number of benzene rings is 1. The summed E-state index contributed by atoms with van der Waals surface area (Å²) in [6.07, 6.45) is 2.89. The van der Waals surface area contributed by atoms with Gasteiger partial charge in [0, 0.05) is 18.0 Å². The Morgan fingerprint density at radius 2 is 1.91 bits per heavy atom. The lowest BCUT2D eigenvalue weighted by Crippen LogP contribution is -2.15. The highest BCUT2D eigenvalue weighted by molar-refractivity contribution is 5.55. The van der Waals surface area contributed by atoms with E-state index < -0.39 is 12.4 Å². The average Bonchev–Trinajstić information content (AvgIpc) is 2.94. The first-order chi connectivity index (χ1) is 11.1. The SMILES string of the molecule is C=CCCc1cnc(-c2ccc(C3COC(F)(F)O3)cc2)nc1. The quantitative estimate of drug-likeness (QED) is 0.784. The Balaban J connectivity index is 1.71. The minimum atomic E-state index is -3.51. The zero-order valence-corrected chi connectivity index (χ0v) is 12.4. The number of hydrogen-bond acceptors (Lipinski definition) is 4. The summed E-state index contributed by atoms with van der Waals surface area (Å²) in [6.45, 7) is 3.52. The molecule has 2 heterocycles. The topological polar surface area (TPSA) is 44.2 Å². The second kappa shape index (κ2) is 6.52. The van der Waals surface area contributed by atoms with Crippen molar-refractivity contribution in [1.29, 1.82) is 0 Å². The molecule has 0 bridgehead atoms. The van der Waals surface area contributed by atoms with Gasteiger partial charge in [-0.1, -0.05) is 30.3 Å². The molecule has 0 aliphatic carbocycles. The first-order valence-electron chi connectivity index (χ1n) is 7.29. The van der Waals surface area contributed by atoms with Crippen LogP contribution in [-0.2, 0) is 15.9 Å². The van der Waals surface area contributed by atoms with Crippen LogP contribution in [0.2, 0.25) is 0 Å². The summed E-state index contributed by atoms with van der Waals surface area (Å²) in [5, 5.41) is 0. The standard InChI is InChI=1S/C17H16F2N2O2/c1-2-3-4-12-9-20-16(21-10-12)14-7-5-13(6-8-14)15-11-22-17(18,19)23-15/h2,5-10,15H,1,3-4,11H2. The number of rotatable bonds is 5. The van der Waals surface area contributed by atoms with Gasteiger partial charge in [0.25, 0.3) is 0 Å². The van der Waals surface area contributed by atoms with Crippen LogP contribution in [0.3, 0.4) is 0 Å². The predicted octanol–water partition coefficient (Wildman–Crippen LogP) is 3.90. The number of ether oxygens (including phenoxy) is 2. The number of hydrogen-bond donors (Lipinski definition) is 0. The summed E-state index contributed by atoms with van der Waals surface area (Å²) in [4.78, 5) is 8.66. The Kier molecular flexibility index (Phi) is 4.45.